The maximum absolute atomic E-state index is 13.2. The maximum atomic E-state index is 13.2. The molecule has 2 nitrogen and oxygen atoms in total. The van der Waals surface area contributed by atoms with Crippen LogP contribution in [0.25, 0.3) is 0 Å². The van der Waals surface area contributed by atoms with Crippen LogP contribution < -0.4 is 5.32 Å². The molecule has 3 heteroatoms. The number of nitrogens with one attached hydrogen (secondary N) is 1. The molecule has 1 spiro atoms. The van der Waals surface area contributed by atoms with E-state index in [2.05, 4.69) is 5.32 Å². The van der Waals surface area contributed by atoms with Crippen LogP contribution in [0.5, 0.6) is 0 Å². The molecule has 0 aromatic heterocycles. The Labute approximate surface area is 114 Å². The average Bonchev–Trinajstić information content (AvgIpc) is 3.02. The topological polar surface area (TPSA) is 21.3 Å². The van der Waals surface area contributed by atoms with Crippen molar-refractivity contribution >= 4 is 5.69 Å². The number of anilines is 1. The molecule has 19 heavy (non-hydrogen) atoms. The number of hydrogen-bond donors (Lipinski definition) is 1. The summed E-state index contributed by atoms with van der Waals surface area (Å²) in [5.41, 5.74) is 2.15. The third-order valence-electron chi connectivity index (χ3n) is 4.57. The van der Waals surface area contributed by atoms with E-state index in [4.69, 9.17) is 4.74 Å². The van der Waals surface area contributed by atoms with Gasteiger partial charge in [-0.25, -0.2) is 4.39 Å². The molecule has 1 saturated heterocycles. The van der Waals surface area contributed by atoms with Gasteiger partial charge in [-0.3, -0.25) is 0 Å². The van der Waals surface area contributed by atoms with Crippen LogP contribution in [0.15, 0.2) is 18.2 Å². The Morgan fingerprint density at radius 2 is 2.11 bits per heavy atom. The Bertz CT molecular complexity index is 454. The van der Waals surface area contributed by atoms with Gasteiger partial charge in [-0.1, -0.05) is 18.9 Å². The largest absolute Gasteiger partial charge is 0.382 e. The zero-order valence-corrected chi connectivity index (χ0v) is 11.5. The van der Waals surface area contributed by atoms with Gasteiger partial charge in [-0.2, -0.15) is 0 Å². The number of aryl methyl sites for hydroxylation is 1. The third kappa shape index (κ3) is 2.76. The van der Waals surface area contributed by atoms with Gasteiger partial charge in [0.15, 0.2) is 0 Å². The van der Waals surface area contributed by atoms with Crippen LogP contribution in [-0.4, -0.2) is 18.2 Å². The lowest BCUT2D eigenvalue weighted by molar-refractivity contribution is -0.0307. The van der Waals surface area contributed by atoms with Crippen LogP contribution >= 0.6 is 0 Å². The second kappa shape index (κ2) is 5.12. The van der Waals surface area contributed by atoms with Gasteiger partial charge in [-0.05, 0) is 50.3 Å². The first-order valence-electron chi connectivity index (χ1n) is 7.35. The van der Waals surface area contributed by atoms with E-state index in [1.165, 1.54) is 38.2 Å². The first kappa shape index (κ1) is 12.9. The summed E-state index contributed by atoms with van der Waals surface area (Å²) < 4.78 is 19.5. The number of ether oxygens (including phenoxy) is 1. The molecule has 1 unspecified atom stereocenters. The Kier molecular flexibility index (Phi) is 3.48. The fourth-order valence-electron chi connectivity index (χ4n) is 3.43. The Morgan fingerprint density at radius 3 is 2.89 bits per heavy atom. The first-order chi connectivity index (χ1) is 9.17. The second-order valence-electron chi connectivity index (χ2n) is 6.01. The van der Waals surface area contributed by atoms with Gasteiger partial charge < -0.3 is 10.1 Å². The van der Waals surface area contributed by atoms with Crippen molar-refractivity contribution < 1.29 is 9.13 Å². The van der Waals surface area contributed by atoms with Gasteiger partial charge >= 0.3 is 0 Å². The molecule has 2 fully saturated rings. The van der Waals surface area contributed by atoms with Crippen LogP contribution in [0.2, 0.25) is 0 Å². The highest BCUT2D eigenvalue weighted by molar-refractivity contribution is 5.50. The molecule has 1 aliphatic carbocycles. The summed E-state index contributed by atoms with van der Waals surface area (Å²) in [5.74, 6) is -0.187. The molecule has 0 amide bonds. The average molecular weight is 263 g/mol. The van der Waals surface area contributed by atoms with Crippen LogP contribution in [0.3, 0.4) is 0 Å². The van der Waals surface area contributed by atoms with Crippen molar-refractivity contribution in [2.24, 2.45) is 0 Å². The van der Waals surface area contributed by atoms with Crippen LogP contribution in [0.1, 0.15) is 44.1 Å². The van der Waals surface area contributed by atoms with Gasteiger partial charge in [0, 0.05) is 12.2 Å². The molecular weight excluding hydrogens is 241 g/mol. The van der Waals surface area contributed by atoms with Crippen LogP contribution in [0, 0.1) is 12.7 Å². The predicted octanol–water partition coefficient (Wildman–Crippen LogP) is 4.04. The summed E-state index contributed by atoms with van der Waals surface area (Å²) in [6, 6.07) is 4.88. The number of benzene rings is 1. The van der Waals surface area contributed by atoms with E-state index in [9.17, 15) is 4.39 Å². The first-order valence-corrected chi connectivity index (χ1v) is 7.35. The van der Waals surface area contributed by atoms with Crippen molar-refractivity contribution in [3.05, 3.63) is 29.6 Å². The fourth-order valence-corrected chi connectivity index (χ4v) is 3.43. The zero-order chi connectivity index (χ0) is 13.3. The minimum Gasteiger partial charge on any atom is -0.382 e. The van der Waals surface area contributed by atoms with E-state index in [0.29, 0.717) is 0 Å². The molecule has 0 bridgehead atoms. The summed E-state index contributed by atoms with van der Waals surface area (Å²) >= 11 is 0. The molecular formula is C16H22FNO. The third-order valence-corrected chi connectivity index (χ3v) is 4.57. The standard InChI is InChI=1S/C16H22FNO/c1-12-4-5-13(17)10-15(12)18-11-14-6-9-16(19-14)7-2-3-8-16/h4-5,10,14,18H,2-3,6-9,11H2,1H3. The lowest BCUT2D eigenvalue weighted by Gasteiger charge is -2.24. The van der Waals surface area contributed by atoms with Crippen LogP contribution in [0.4, 0.5) is 10.1 Å². The normalized spacial score (nSPS) is 25.1. The monoisotopic (exact) mass is 263 g/mol. The molecule has 1 aromatic carbocycles. The Morgan fingerprint density at radius 1 is 1.32 bits per heavy atom. The molecule has 1 aliphatic heterocycles. The summed E-state index contributed by atoms with van der Waals surface area (Å²) in [7, 11) is 0. The maximum Gasteiger partial charge on any atom is 0.125 e. The summed E-state index contributed by atoms with van der Waals surface area (Å²) in [6.45, 7) is 2.78. The minimum atomic E-state index is -0.187. The van der Waals surface area contributed by atoms with Crippen molar-refractivity contribution in [3.63, 3.8) is 0 Å². The van der Waals surface area contributed by atoms with E-state index in [1.807, 2.05) is 13.0 Å². The van der Waals surface area contributed by atoms with Crippen molar-refractivity contribution in [2.75, 3.05) is 11.9 Å². The summed E-state index contributed by atoms with van der Waals surface area (Å²) in [6.07, 6.45) is 7.67. The van der Waals surface area contributed by atoms with Gasteiger partial charge in [0.1, 0.15) is 5.82 Å². The fraction of sp³-hybridized carbons (Fsp3) is 0.625. The molecule has 1 N–H and O–H groups in total. The Balaban J connectivity index is 1.57. The quantitative estimate of drug-likeness (QED) is 0.888. The Hall–Kier alpha value is -1.09. The van der Waals surface area contributed by atoms with Gasteiger partial charge in [0.05, 0.1) is 11.7 Å². The lowest BCUT2D eigenvalue weighted by atomic mass is 9.98. The number of hydrogen-bond acceptors (Lipinski definition) is 2. The van der Waals surface area contributed by atoms with Gasteiger partial charge in [0.2, 0.25) is 0 Å². The molecule has 3 rings (SSSR count). The molecule has 104 valence electrons. The summed E-state index contributed by atoms with van der Waals surface area (Å²) in [5, 5.41) is 3.34. The van der Waals surface area contributed by atoms with E-state index in [0.717, 1.165) is 24.2 Å². The molecule has 1 heterocycles. The summed E-state index contributed by atoms with van der Waals surface area (Å²) in [4.78, 5) is 0. The zero-order valence-electron chi connectivity index (χ0n) is 11.5. The van der Waals surface area contributed by atoms with Crippen LogP contribution in [-0.2, 0) is 4.74 Å². The number of rotatable bonds is 3. The second-order valence-corrected chi connectivity index (χ2v) is 6.01. The van der Waals surface area contributed by atoms with Gasteiger partial charge in [0.25, 0.3) is 0 Å². The minimum absolute atomic E-state index is 0.184. The molecule has 1 aromatic rings. The highest BCUT2D eigenvalue weighted by Gasteiger charge is 2.41. The van der Waals surface area contributed by atoms with E-state index in [-0.39, 0.29) is 17.5 Å². The molecule has 2 aliphatic rings. The predicted molar refractivity (Wildman–Crippen MR) is 74.9 cm³/mol. The lowest BCUT2D eigenvalue weighted by Crippen LogP contribution is -2.28. The highest BCUT2D eigenvalue weighted by Crippen LogP contribution is 2.43. The molecule has 1 atom stereocenters. The van der Waals surface area contributed by atoms with Crippen molar-refractivity contribution in [2.45, 2.75) is 57.2 Å². The SMILES string of the molecule is Cc1ccc(F)cc1NCC1CCC2(CCCC2)O1. The highest BCUT2D eigenvalue weighted by atomic mass is 19.1. The van der Waals surface area contributed by atoms with Gasteiger partial charge in [-0.15, -0.1) is 0 Å². The van der Waals surface area contributed by atoms with Crippen molar-refractivity contribution in [3.8, 4) is 0 Å². The van der Waals surface area contributed by atoms with Crippen molar-refractivity contribution in [1.82, 2.24) is 0 Å². The van der Waals surface area contributed by atoms with Crippen molar-refractivity contribution in [1.29, 1.82) is 0 Å². The molecule has 0 radical (unpaired) electrons. The smallest absolute Gasteiger partial charge is 0.125 e. The van der Waals surface area contributed by atoms with E-state index in [1.54, 1.807) is 6.07 Å². The molecule has 1 saturated carbocycles. The van der Waals surface area contributed by atoms with E-state index >= 15 is 0 Å². The van der Waals surface area contributed by atoms with E-state index < -0.39 is 0 Å². The number of halogens is 1.